The van der Waals surface area contributed by atoms with E-state index in [0.29, 0.717) is 0 Å². The Balaban J connectivity index is 3.57. The molecule has 0 fully saturated rings. The fourth-order valence-electron chi connectivity index (χ4n) is 0.0752. The highest BCUT2D eigenvalue weighted by Crippen LogP contribution is 2.33. The summed E-state index contributed by atoms with van der Waals surface area (Å²) in [7, 11) is -3.94. The summed E-state index contributed by atoms with van der Waals surface area (Å²) in [5, 5.41) is 0. The Kier molecular flexibility index (Phi) is 2.53. The largest absolute Gasteiger partial charge is 0.347 e. The molecule has 2 N–H and O–H groups in total. The van der Waals surface area contributed by atoms with E-state index in [4.69, 9.17) is 9.79 Å². The molecule has 0 aliphatic heterocycles. The zero-order chi connectivity index (χ0) is 5.91. The van der Waals surface area contributed by atoms with Crippen LogP contribution in [0.2, 0.25) is 0 Å². The fourth-order valence-corrected chi connectivity index (χ4v) is 0.677. The minimum Gasteiger partial charge on any atom is -0.323 e. The van der Waals surface area contributed by atoms with Gasteiger partial charge in [0.05, 0.1) is 0 Å². The van der Waals surface area contributed by atoms with Gasteiger partial charge >= 0.3 is 7.60 Å². The summed E-state index contributed by atoms with van der Waals surface area (Å²) >= 11 is 3.93. The highest BCUT2D eigenvalue weighted by molar-refractivity contribution is 7.53. The molecule has 0 saturated carbocycles. The first kappa shape index (κ1) is 7.17. The maximum Gasteiger partial charge on any atom is 0.347 e. The molecule has 0 aromatic heterocycles. The smallest absolute Gasteiger partial charge is 0.323 e. The average molecular weight is 141 g/mol. The van der Waals surface area contributed by atoms with E-state index in [1.807, 2.05) is 0 Å². The van der Waals surface area contributed by atoms with Crippen molar-refractivity contribution in [1.29, 1.82) is 0 Å². The van der Waals surface area contributed by atoms with Crippen molar-refractivity contribution in [2.24, 2.45) is 4.36 Å². The molecule has 0 saturated heterocycles. The maximum atomic E-state index is 9.77. The molecule has 0 rings (SSSR count). The second kappa shape index (κ2) is 2.47. The predicted molar refractivity (Wildman–Crippen MR) is 26.7 cm³/mol. The van der Waals surface area contributed by atoms with Crippen molar-refractivity contribution in [2.75, 3.05) is 6.29 Å². The molecule has 0 aromatic carbocycles. The van der Waals surface area contributed by atoms with Gasteiger partial charge in [0.2, 0.25) is 0 Å². The Morgan fingerprint density at radius 3 is 2.14 bits per heavy atom. The summed E-state index contributed by atoms with van der Waals surface area (Å²) in [6.07, 6.45) is -0.553. The summed E-state index contributed by atoms with van der Waals surface area (Å²) in [5.41, 5.74) is 0. The van der Waals surface area contributed by atoms with Gasteiger partial charge < -0.3 is 9.79 Å². The van der Waals surface area contributed by atoms with Crippen molar-refractivity contribution in [1.82, 2.24) is 0 Å². The molecule has 0 aromatic rings. The molecule has 0 spiro atoms. The van der Waals surface area contributed by atoms with E-state index in [9.17, 15) is 4.57 Å². The number of rotatable bonds is 2. The third-order valence-electron chi connectivity index (χ3n) is 0.242. The third-order valence-corrected chi connectivity index (χ3v) is 1.07. The first-order valence-corrected chi connectivity index (χ1v) is 3.56. The second-order valence-electron chi connectivity index (χ2n) is 0.935. The molecule has 0 amide bonds. The molecular formula is CH4NO3PS. The van der Waals surface area contributed by atoms with Crippen LogP contribution in [0.15, 0.2) is 4.36 Å². The van der Waals surface area contributed by atoms with E-state index >= 15 is 0 Å². The van der Waals surface area contributed by atoms with E-state index in [1.165, 1.54) is 0 Å². The third kappa shape index (κ3) is 6.17. The van der Waals surface area contributed by atoms with Gasteiger partial charge in [-0.2, -0.15) is 0 Å². The number of hydrogen-bond acceptors (Lipinski definition) is 3. The summed E-state index contributed by atoms with van der Waals surface area (Å²) in [4.78, 5) is 15.9. The molecule has 0 heterocycles. The van der Waals surface area contributed by atoms with Crippen LogP contribution in [0.5, 0.6) is 0 Å². The number of nitrogens with zero attached hydrogens (tertiary/aromatic N) is 1. The van der Waals surface area contributed by atoms with E-state index < -0.39 is 13.9 Å². The monoisotopic (exact) mass is 141 g/mol. The lowest BCUT2D eigenvalue weighted by Crippen LogP contribution is -1.78. The van der Waals surface area contributed by atoms with Gasteiger partial charge in [0.15, 0.2) is 6.29 Å². The molecule has 6 heteroatoms. The highest BCUT2D eigenvalue weighted by atomic mass is 32.1. The van der Waals surface area contributed by atoms with Crippen LogP contribution in [0.25, 0.3) is 0 Å². The normalized spacial score (nSPS) is 11.1. The van der Waals surface area contributed by atoms with Gasteiger partial charge in [-0.15, -0.1) is 0 Å². The zero-order valence-corrected chi connectivity index (χ0v) is 5.02. The van der Waals surface area contributed by atoms with Gasteiger partial charge in [-0.05, 0) is 0 Å². The molecule has 0 atom stereocenters. The van der Waals surface area contributed by atoms with Gasteiger partial charge in [0.25, 0.3) is 0 Å². The molecule has 0 aliphatic carbocycles. The lowest BCUT2D eigenvalue weighted by molar-refractivity contribution is 0.374. The summed E-state index contributed by atoms with van der Waals surface area (Å²) in [6, 6.07) is 0. The van der Waals surface area contributed by atoms with Crippen LogP contribution >= 0.6 is 7.60 Å². The van der Waals surface area contributed by atoms with Crippen molar-refractivity contribution < 1.29 is 14.4 Å². The van der Waals surface area contributed by atoms with Gasteiger partial charge in [-0.1, -0.05) is 0 Å². The Labute approximate surface area is 45.9 Å². The van der Waals surface area contributed by atoms with Crippen molar-refractivity contribution in [3.8, 4) is 0 Å². The quantitative estimate of drug-likeness (QED) is 0.525. The van der Waals surface area contributed by atoms with Gasteiger partial charge in [-0.3, -0.25) is 4.57 Å². The van der Waals surface area contributed by atoms with Gasteiger partial charge in [0.1, 0.15) is 0 Å². The second-order valence-corrected chi connectivity index (χ2v) is 2.81. The van der Waals surface area contributed by atoms with Crippen molar-refractivity contribution in [2.45, 2.75) is 0 Å². The van der Waals surface area contributed by atoms with Crippen LogP contribution in [-0.2, 0) is 17.0 Å². The molecule has 4 nitrogen and oxygen atoms in total. The van der Waals surface area contributed by atoms with Crippen LogP contribution < -0.4 is 0 Å². The Morgan fingerprint density at radius 2 is 2.14 bits per heavy atom. The van der Waals surface area contributed by atoms with Crippen molar-refractivity contribution in [3.05, 3.63) is 0 Å². The molecule has 7 heavy (non-hydrogen) atoms. The molecule has 0 aliphatic rings. The van der Waals surface area contributed by atoms with Gasteiger partial charge in [-0.25, -0.2) is 4.36 Å². The Bertz CT molecular complexity index is 108. The molecule has 0 bridgehead atoms. The van der Waals surface area contributed by atoms with E-state index in [1.54, 1.807) is 0 Å². The Morgan fingerprint density at radius 1 is 1.71 bits per heavy atom. The minimum atomic E-state index is -3.94. The highest BCUT2D eigenvalue weighted by Gasteiger charge is 2.09. The summed E-state index contributed by atoms with van der Waals surface area (Å²) < 4.78 is 12.6. The van der Waals surface area contributed by atoms with Crippen molar-refractivity contribution >= 4 is 20.0 Å². The maximum absolute atomic E-state index is 9.77. The average Bonchev–Trinajstić information content (AvgIpc) is 1.30. The first-order valence-electron chi connectivity index (χ1n) is 1.40. The zero-order valence-electron chi connectivity index (χ0n) is 3.31. The lowest BCUT2D eigenvalue weighted by atomic mass is 11.5. The number of hydrogen-bond donors (Lipinski definition) is 2. The van der Waals surface area contributed by atoms with Crippen LogP contribution in [0.1, 0.15) is 0 Å². The molecule has 0 radical (unpaired) electrons. The van der Waals surface area contributed by atoms with E-state index in [2.05, 4.69) is 16.8 Å². The fraction of sp³-hybridized carbons (Fsp3) is 1.00. The van der Waals surface area contributed by atoms with Crippen molar-refractivity contribution in [3.63, 3.8) is 0 Å². The van der Waals surface area contributed by atoms with Crippen LogP contribution in [0.3, 0.4) is 0 Å². The predicted octanol–water partition coefficient (Wildman–Crippen LogP) is -0.148. The van der Waals surface area contributed by atoms with Crippen LogP contribution in [-0.4, -0.2) is 16.1 Å². The SMILES string of the molecule is O=P(O)(O)CN=S. The van der Waals surface area contributed by atoms with E-state index in [-0.39, 0.29) is 0 Å². The minimum absolute atomic E-state index is 0.553. The Hall–Kier alpha value is 0.170. The lowest BCUT2D eigenvalue weighted by Gasteiger charge is -1.92. The van der Waals surface area contributed by atoms with Gasteiger partial charge in [0, 0.05) is 12.4 Å². The van der Waals surface area contributed by atoms with Crippen LogP contribution in [0.4, 0.5) is 0 Å². The summed E-state index contributed by atoms with van der Waals surface area (Å²) in [5.74, 6) is 0. The first-order chi connectivity index (χ1) is 3.06. The molecular weight excluding hydrogens is 137 g/mol. The standard InChI is InChI=1S/CH4NO3PS/c3-6(4,5)1-2-7/h1H2,(H2,3,4,5). The van der Waals surface area contributed by atoms with E-state index in [0.717, 1.165) is 0 Å². The topological polar surface area (TPSA) is 69.9 Å². The molecule has 42 valence electrons. The van der Waals surface area contributed by atoms with Crippen LogP contribution in [0, 0.1) is 0 Å². The molecule has 0 unspecified atom stereocenters. The summed E-state index contributed by atoms with van der Waals surface area (Å²) in [6.45, 7) is 0.